The summed E-state index contributed by atoms with van der Waals surface area (Å²) in [4.78, 5) is 0. The predicted molar refractivity (Wildman–Crippen MR) is 64.6 cm³/mol. The molecule has 0 unspecified atom stereocenters. The maximum absolute atomic E-state index is 8.66. The van der Waals surface area contributed by atoms with Crippen LogP contribution >= 0.6 is 28.3 Å². The molecule has 0 aliphatic heterocycles. The second kappa shape index (κ2) is 7.23. The maximum Gasteiger partial charge on any atom is 0.0431 e. The fraction of sp³-hybridized carbons (Fsp3) is 0.400. The lowest BCUT2D eigenvalue weighted by atomic mass is 10.0. The Labute approximate surface area is 99.0 Å². The van der Waals surface area contributed by atoms with E-state index in [9.17, 15) is 0 Å². The van der Waals surface area contributed by atoms with Gasteiger partial charge in [-0.15, -0.1) is 12.4 Å². The molecule has 1 aromatic carbocycles. The van der Waals surface area contributed by atoms with E-state index in [1.54, 1.807) is 0 Å². The van der Waals surface area contributed by atoms with Crippen LogP contribution in [0.4, 0.5) is 0 Å². The van der Waals surface area contributed by atoms with E-state index >= 15 is 0 Å². The topological polar surface area (TPSA) is 46.2 Å². The first-order chi connectivity index (χ1) is 6.25. The van der Waals surface area contributed by atoms with Gasteiger partial charge in [-0.05, 0) is 24.5 Å². The highest BCUT2D eigenvalue weighted by molar-refractivity contribution is 9.10. The molecule has 0 spiro atoms. The van der Waals surface area contributed by atoms with Gasteiger partial charge in [-0.25, -0.2) is 0 Å². The summed E-state index contributed by atoms with van der Waals surface area (Å²) in [6, 6.07) is 7.94. The van der Waals surface area contributed by atoms with Gasteiger partial charge in [-0.2, -0.15) is 0 Å². The summed E-state index contributed by atoms with van der Waals surface area (Å²) in [5.41, 5.74) is 7.05. The van der Waals surface area contributed by atoms with Crippen molar-refractivity contribution in [3.8, 4) is 0 Å². The second-order valence-corrected chi connectivity index (χ2v) is 3.85. The highest BCUT2D eigenvalue weighted by atomic mass is 79.9. The molecule has 0 saturated carbocycles. The fourth-order valence-electron chi connectivity index (χ4n) is 1.24. The average molecular weight is 281 g/mol. The first-order valence-corrected chi connectivity index (χ1v) is 5.16. The Balaban J connectivity index is 0.00000169. The Morgan fingerprint density at radius 1 is 1.36 bits per heavy atom. The van der Waals surface area contributed by atoms with E-state index in [1.165, 1.54) is 0 Å². The van der Waals surface area contributed by atoms with E-state index in [2.05, 4.69) is 15.9 Å². The first kappa shape index (κ1) is 13.9. The average Bonchev–Trinajstić information content (AvgIpc) is 2.15. The largest absolute Gasteiger partial charge is 0.396 e. The quantitative estimate of drug-likeness (QED) is 0.891. The molecule has 0 fully saturated rings. The molecule has 1 atom stereocenters. The summed E-state index contributed by atoms with van der Waals surface area (Å²) in [6.45, 7) is 0.207. The number of hydrogen-bond donors (Lipinski definition) is 2. The van der Waals surface area contributed by atoms with Crippen molar-refractivity contribution >= 4 is 28.3 Å². The summed E-state index contributed by atoms with van der Waals surface area (Å²) in [6.07, 6.45) is 1.57. The number of nitrogens with two attached hydrogens (primary N) is 1. The maximum atomic E-state index is 8.66. The summed E-state index contributed by atoms with van der Waals surface area (Å²) in [5.74, 6) is 0. The third-order valence-corrected chi connectivity index (χ3v) is 2.70. The number of rotatable bonds is 4. The molecule has 0 amide bonds. The standard InChI is InChI=1S/C10H14BrNO.ClH/c11-9-5-2-1-4-8(9)10(12)6-3-7-13;/h1-2,4-5,10,13H,3,6-7,12H2;1H/t10-;/m0./s1. The second-order valence-electron chi connectivity index (χ2n) is 2.99. The number of aliphatic hydroxyl groups is 1. The number of aliphatic hydroxyl groups excluding tert-OH is 1. The van der Waals surface area contributed by atoms with Gasteiger partial charge in [0.1, 0.15) is 0 Å². The summed E-state index contributed by atoms with van der Waals surface area (Å²) in [5, 5.41) is 8.66. The third kappa shape index (κ3) is 3.96. The molecule has 0 radical (unpaired) electrons. The van der Waals surface area contributed by atoms with Crippen molar-refractivity contribution in [1.29, 1.82) is 0 Å². The molecule has 0 heterocycles. The molecule has 0 bridgehead atoms. The van der Waals surface area contributed by atoms with Gasteiger partial charge in [0.15, 0.2) is 0 Å². The Hall–Kier alpha value is -0.0900. The van der Waals surface area contributed by atoms with Crippen LogP contribution in [-0.4, -0.2) is 11.7 Å². The van der Waals surface area contributed by atoms with Gasteiger partial charge in [0.05, 0.1) is 0 Å². The van der Waals surface area contributed by atoms with E-state index in [1.807, 2.05) is 24.3 Å². The minimum atomic E-state index is 0. The van der Waals surface area contributed by atoms with E-state index in [-0.39, 0.29) is 25.1 Å². The summed E-state index contributed by atoms with van der Waals surface area (Å²) < 4.78 is 1.04. The zero-order valence-electron chi connectivity index (χ0n) is 7.82. The van der Waals surface area contributed by atoms with Crippen LogP contribution in [0.25, 0.3) is 0 Å². The third-order valence-electron chi connectivity index (χ3n) is 1.98. The zero-order chi connectivity index (χ0) is 9.68. The lowest BCUT2D eigenvalue weighted by molar-refractivity contribution is 0.280. The molecular formula is C10H15BrClNO. The molecule has 0 aliphatic rings. The smallest absolute Gasteiger partial charge is 0.0431 e. The van der Waals surface area contributed by atoms with Crippen molar-refractivity contribution in [2.24, 2.45) is 5.73 Å². The Kier molecular flexibility index (Phi) is 7.19. The highest BCUT2D eigenvalue weighted by Gasteiger charge is 2.07. The molecule has 0 saturated heterocycles. The van der Waals surface area contributed by atoms with Gasteiger partial charge < -0.3 is 10.8 Å². The lowest BCUT2D eigenvalue weighted by Gasteiger charge is -2.12. The normalized spacial score (nSPS) is 11.9. The molecule has 3 N–H and O–H groups in total. The van der Waals surface area contributed by atoms with Crippen molar-refractivity contribution in [2.45, 2.75) is 18.9 Å². The minimum absolute atomic E-state index is 0. The minimum Gasteiger partial charge on any atom is -0.396 e. The van der Waals surface area contributed by atoms with E-state index in [4.69, 9.17) is 10.8 Å². The Morgan fingerprint density at radius 3 is 2.57 bits per heavy atom. The fourth-order valence-corrected chi connectivity index (χ4v) is 1.82. The monoisotopic (exact) mass is 279 g/mol. The molecule has 4 heteroatoms. The zero-order valence-corrected chi connectivity index (χ0v) is 10.2. The lowest BCUT2D eigenvalue weighted by Crippen LogP contribution is -2.11. The molecule has 2 nitrogen and oxygen atoms in total. The molecule has 1 aromatic rings. The first-order valence-electron chi connectivity index (χ1n) is 4.36. The van der Waals surface area contributed by atoms with E-state index in [0.717, 1.165) is 22.9 Å². The SMILES string of the molecule is Cl.N[C@@H](CCCO)c1ccccc1Br. The van der Waals surface area contributed by atoms with Gasteiger partial charge in [0.2, 0.25) is 0 Å². The van der Waals surface area contributed by atoms with Gasteiger partial charge in [-0.1, -0.05) is 34.1 Å². The van der Waals surface area contributed by atoms with E-state index in [0.29, 0.717) is 0 Å². The predicted octanol–water partition coefficient (Wildman–Crippen LogP) is 2.64. The van der Waals surface area contributed by atoms with Crippen LogP contribution < -0.4 is 5.73 Å². The highest BCUT2D eigenvalue weighted by Crippen LogP contribution is 2.24. The molecule has 0 aliphatic carbocycles. The van der Waals surface area contributed by atoms with E-state index < -0.39 is 0 Å². The van der Waals surface area contributed by atoms with Crippen molar-refractivity contribution in [1.82, 2.24) is 0 Å². The molecule has 0 aromatic heterocycles. The van der Waals surface area contributed by atoms with Crippen LogP contribution in [0.5, 0.6) is 0 Å². The van der Waals surface area contributed by atoms with Crippen LogP contribution in [0, 0.1) is 0 Å². The van der Waals surface area contributed by atoms with Crippen molar-refractivity contribution in [3.63, 3.8) is 0 Å². The van der Waals surface area contributed by atoms with Gasteiger partial charge in [0, 0.05) is 17.1 Å². The Bertz CT molecular complexity index is 270. The molecule has 80 valence electrons. The summed E-state index contributed by atoms with van der Waals surface area (Å²) in [7, 11) is 0. The number of hydrogen-bond acceptors (Lipinski definition) is 2. The number of benzene rings is 1. The van der Waals surface area contributed by atoms with Crippen LogP contribution in [0.1, 0.15) is 24.4 Å². The number of halogens is 2. The van der Waals surface area contributed by atoms with Crippen molar-refractivity contribution in [3.05, 3.63) is 34.3 Å². The molecule has 14 heavy (non-hydrogen) atoms. The van der Waals surface area contributed by atoms with Gasteiger partial charge in [-0.3, -0.25) is 0 Å². The summed E-state index contributed by atoms with van der Waals surface area (Å²) >= 11 is 3.45. The van der Waals surface area contributed by atoms with Crippen LogP contribution in [0.3, 0.4) is 0 Å². The Morgan fingerprint density at radius 2 is 2.00 bits per heavy atom. The van der Waals surface area contributed by atoms with Crippen molar-refractivity contribution in [2.75, 3.05) is 6.61 Å². The van der Waals surface area contributed by atoms with Crippen molar-refractivity contribution < 1.29 is 5.11 Å². The molecule has 1 rings (SSSR count). The van der Waals surface area contributed by atoms with Gasteiger partial charge >= 0.3 is 0 Å². The molecular weight excluding hydrogens is 265 g/mol. The van der Waals surface area contributed by atoms with Crippen LogP contribution in [0.15, 0.2) is 28.7 Å². The van der Waals surface area contributed by atoms with Gasteiger partial charge in [0.25, 0.3) is 0 Å². The van der Waals surface area contributed by atoms with Crippen LogP contribution in [-0.2, 0) is 0 Å². The van der Waals surface area contributed by atoms with Crippen LogP contribution in [0.2, 0.25) is 0 Å².